The van der Waals surface area contributed by atoms with Gasteiger partial charge in [-0.2, -0.15) is 0 Å². The van der Waals surface area contributed by atoms with E-state index in [2.05, 4.69) is 33.4 Å². The van der Waals surface area contributed by atoms with E-state index >= 15 is 0 Å². The van der Waals surface area contributed by atoms with Crippen LogP contribution in [0.3, 0.4) is 0 Å². The van der Waals surface area contributed by atoms with Crippen LogP contribution in [0.25, 0.3) is 0 Å². The van der Waals surface area contributed by atoms with Crippen LogP contribution in [0.2, 0.25) is 0 Å². The van der Waals surface area contributed by atoms with Gasteiger partial charge in [0.15, 0.2) is 0 Å². The van der Waals surface area contributed by atoms with Gasteiger partial charge in [-0.05, 0) is 41.3 Å². The zero-order valence-electron chi connectivity index (χ0n) is 10.7. The van der Waals surface area contributed by atoms with Crippen molar-refractivity contribution in [3.8, 4) is 0 Å². The van der Waals surface area contributed by atoms with Crippen molar-refractivity contribution >= 4 is 39.1 Å². The van der Waals surface area contributed by atoms with Crippen molar-refractivity contribution in [1.82, 2.24) is 0 Å². The Bertz CT molecular complexity index is 654. The van der Waals surface area contributed by atoms with E-state index in [4.69, 9.17) is 11.6 Å². The minimum Gasteiger partial charge on any atom is -0.326 e. The first-order valence-electron chi connectivity index (χ1n) is 6.43. The molecule has 1 atom stereocenters. The van der Waals surface area contributed by atoms with Crippen LogP contribution >= 0.6 is 27.5 Å². The third-order valence-electron chi connectivity index (χ3n) is 3.44. The van der Waals surface area contributed by atoms with Gasteiger partial charge in [0.1, 0.15) is 0 Å². The van der Waals surface area contributed by atoms with E-state index in [1.165, 1.54) is 5.56 Å². The Balaban J connectivity index is 1.77. The molecule has 2 aromatic rings. The Labute approximate surface area is 131 Å². The second-order valence-electron chi connectivity index (χ2n) is 4.94. The Kier molecular flexibility index (Phi) is 3.81. The lowest BCUT2D eigenvalue weighted by molar-refractivity contribution is -0.115. The van der Waals surface area contributed by atoms with Crippen molar-refractivity contribution < 1.29 is 4.79 Å². The van der Waals surface area contributed by atoms with Crippen molar-refractivity contribution in [2.75, 3.05) is 5.32 Å². The first-order valence-corrected chi connectivity index (χ1v) is 7.66. The number of hydrogen-bond donors (Lipinski definition) is 1. The van der Waals surface area contributed by atoms with Gasteiger partial charge in [-0.25, -0.2) is 0 Å². The molecule has 1 N–H and O–H groups in total. The molecule has 0 saturated heterocycles. The molecule has 2 aromatic carbocycles. The number of rotatable bonds is 3. The van der Waals surface area contributed by atoms with Gasteiger partial charge in [-0.1, -0.05) is 40.2 Å². The Morgan fingerprint density at radius 1 is 1.20 bits per heavy atom. The summed E-state index contributed by atoms with van der Waals surface area (Å²) in [5.74, 6) is 0.0520. The molecule has 1 aliphatic heterocycles. The van der Waals surface area contributed by atoms with Crippen LogP contribution in [0.5, 0.6) is 0 Å². The van der Waals surface area contributed by atoms with Crippen molar-refractivity contribution in [3.05, 3.63) is 63.6 Å². The molecule has 1 heterocycles. The standard InChI is InChI=1S/C16H13BrClNO/c17-13-4-1-10(2-5-13)7-14(18)11-3-6-15-12(8-11)9-16(20)19-15/h1-6,8,14H,7,9H2,(H,19,20). The number of amides is 1. The molecule has 4 heteroatoms. The molecule has 102 valence electrons. The highest BCUT2D eigenvalue weighted by Gasteiger charge is 2.19. The lowest BCUT2D eigenvalue weighted by atomic mass is 10.0. The molecule has 0 saturated carbocycles. The largest absolute Gasteiger partial charge is 0.326 e. The quantitative estimate of drug-likeness (QED) is 0.813. The third kappa shape index (κ3) is 2.89. The maximum atomic E-state index is 11.4. The predicted octanol–water partition coefficient (Wildman–Crippen LogP) is 4.47. The number of halogens is 2. The first kappa shape index (κ1) is 13.7. The molecule has 20 heavy (non-hydrogen) atoms. The van der Waals surface area contributed by atoms with E-state index in [9.17, 15) is 4.79 Å². The van der Waals surface area contributed by atoms with Gasteiger partial charge in [0.2, 0.25) is 5.91 Å². The highest BCUT2D eigenvalue weighted by atomic mass is 79.9. The maximum absolute atomic E-state index is 11.4. The zero-order chi connectivity index (χ0) is 14.1. The summed E-state index contributed by atoms with van der Waals surface area (Å²) in [4.78, 5) is 11.4. The summed E-state index contributed by atoms with van der Waals surface area (Å²) in [5, 5.41) is 2.75. The van der Waals surface area contributed by atoms with Crippen LogP contribution < -0.4 is 5.32 Å². The molecule has 1 aliphatic rings. The minimum atomic E-state index is -0.0859. The van der Waals surface area contributed by atoms with E-state index in [0.717, 1.165) is 27.7 Å². The van der Waals surface area contributed by atoms with E-state index in [0.29, 0.717) is 6.42 Å². The SMILES string of the molecule is O=C1Cc2cc(C(Cl)Cc3ccc(Br)cc3)ccc2N1. The van der Waals surface area contributed by atoms with E-state index in [-0.39, 0.29) is 11.3 Å². The lowest BCUT2D eigenvalue weighted by Gasteiger charge is -2.11. The smallest absolute Gasteiger partial charge is 0.228 e. The summed E-state index contributed by atoms with van der Waals surface area (Å²) in [6.07, 6.45) is 1.22. The zero-order valence-corrected chi connectivity index (χ0v) is 13.0. The fourth-order valence-corrected chi connectivity index (χ4v) is 2.97. The number of fused-ring (bicyclic) bond motifs is 1. The summed E-state index contributed by atoms with van der Waals surface area (Å²) in [6.45, 7) is 0. The topological polar surface area (TPSA) is 29.1 Å². The van der Waals surface area contributed by atoms with E-state index in [1.54, 1.807) is 0 Å². The number of hydrogen-bond acceptors (Lipinski definition) is 1. The second-order valence-corrected chi connectivity index (χ2v) is 6.38. The Hall–Kier alpha value is -1.32. The number of carbonyl (C=O) groups is 1. The molecule has 0 aliphatic carbocycles. The fourth-order valence-electron chi connectivity index (χ4n) is 2.39. The van der Waals surface area contributed by atoms with Gasteiger partial charge in [0, 0.05) is 10.2 Å². The van der Waals surface area contributed by atoms with Gasteiger partial charge in [-0.15, -0.1) is 11.6 Å². The van der Waals surface area contributed by atoms with E-state index < -0.39 is 0 Å². The van der Waals surface area contributed by atoms with Crippen LogP contribution in [0, 0.1) is 0 Å². The average molecular weight is 351 g/mol. The Morgan fingerprint density at radius 3 is 2.70 bits per heavy atom. The van der Waals surface area contributed by atoms with Crippen molar-refractivity contribution in [1.29, 1.82) is 0 Å². The monoisotopic (exact) mass is 349 g/mol. The molecule has 0 spiro atoms. The summed E-state index contributed by atoms with van der Waals surface area (Å²) >= 11 is 9.93. The highest BCUT2D eigenvalue weighted by molar-refractivity contribution is 9.10. The second kappa shape index (κ2) is 5.58. The summed E-state index contributed by atoms with van der Waals surface area (Å²) in [7, 11) is 0. The predicted molar refractivity (Wildman–Crippen MR) is 85.2 cm³/mol. The molecule has 0 bridgehead atoms. The maximum Gasteiger partial charge on any atom is 0.228 e. The van der Waals surface area contributed by atoms with Crippen LogP contribution in [0.15, 0.2) is 46.9 Å². The number of anilines is 1. The number of alkyl halides is 1. The highest BCUT2D eigenvalue weighted by Crippen LogP contribution is 2.31. The summed E-state index contributed by atoms with van der Waals surface area (Å²) < 4.78 is 1.06. The molecule has 0 radical (unpaired) electrons. The summed E-state index contributed by atoms with van der Waals surface area (Å²) in [6, 6.07) is 14.1. The molecular weight excluding hydrogens is 338 g/mol. The van der Waals surface area contributed by atoms with Gasteiger partial charge >= 0.3 is 0 Å². The van der Waals surface area contributed by atoms with Gasteiger partial charge in [0.25, 0.3) is 0 Å². The van der Waals surface area contributed by atoms with Crippen LogP contribution in [-0.2, 0) is 17.6 Å². The molecule has 0 aromatic heterocycles. The van der Waals surface area contributed by atoms with Gasteiger partial charge in [-0.3, -0.25) is 4.79 Å². The fraction of sp³-hybridized carbons (Fsp3) is 0.188. The van der Waals surface area contributed by atoms with Crippen LogP contribution in [0.1, 0.15) is 22.1 Å². The molecule has 2 nitrogen and oxygen atoms in total. The molecule has 1 unspecified atom stereocenters. The molecule has 0 fully saturated rings. The van der Waals surface area contributed by atoms with Crippen molar-refractivity contribution in [3.63, 3.8) is 0 Å². The number of benzene rings is 2. The van der Waals surface area contributed by atoms with E-state index in [1.807, 2.05) is 30.3 Å². The lowest BCUT2D eigenvalue weighted by Crippen LogP contribution is -2.03. The van der Waals surface area contributed by atoms with Crippen LogP contribution in [0.4, 0.5) is 5.69 Å². The van der Waals surface area contributed by atoms with Crippen molar-refractivity contribution in [2.24, 2.45) is 0 Å². The number of nitrogens with one attached hydrogen (secondary N) is 1. The first-order chi connectivity index (χ1) is 9.61. The molecule has 1 amide bonds. The van der Waals surface area contributed by atoms with Gasteiger partial charge < -0.3 is 5.32 Å². The number of carbonyl (C=O) groups excluding carboxylic acids is 1. The van der Waals surface area contributed by atoms with Crippen molar-refractivity contribution in [2.45, 2.75) is 18.2 Å². The summed E-state index contributed by atoms with van der Waals surface area (Å²) in [5.41, 5.74) is 4.20. The molecule has 3 rings (SSSR count). The minimum absolute atomic E-state index is 0.0520. The normalized spacial score (nSPS) is 14.8. The third-order valence-corrected chi connectivity index (χ3v) is 4.38. The Morgan fingerprint density at radius 2 is 1.95 bits per heavy atom. The average Bonchev–Trinajstić information content (AvgIpc) is 2.80. The van der Waals surface area contributed by atoms with Gasteiger partial charge in [0.05, 0.1) is 11.8 Å². The molecular formula is C16H13BrClNO. The van der Waals surface area contributed by atoms with Crippen LogP contribution in [-0.4, -0.2) is 5.91 Å².